The van der Waals surface area contributed by atoms with Crippen LogP contribution >= 0.6 is 11.6 Å². The molecule has 0 radical (unpaired) electrons. The fraction of sp³-hybridized carbons (Fsp3) is 0.611. The second-order valence-corrected chi connectivity index (χ2v) is 9.74. The summed E-state index contributed by atoms with van der Waals surface area (Å²) in [5.74, 6) is -0.189. The summed E-state index contributed by atoms with van der Waals surface area (Å²) in [5.41, 5.74) is -0.0304. The molecule has 1 aliphatic heterocycles. The molecule has 8 heteroatoms. The molecule has 6 nitrogen and oxygen atoms in total. The number of amides is 1. The van der Waals surface area contributed by atoms with E-state index in [9.17, 15) is 13.2 Å². The van der Waals surface area contributed by atoms with Crippen molar-refractivity contribution in [1.82, 2.24) is 9.62 Å². The zero-order chi connectivity index (χ0) is 19.4. The van der Waals surface area contributed by atoms with Crippen molar-refractivity contribution in [3.8, 4) is 0 Å². The fourth-order valence-corrected chi connectivity index (χ4v) is 4.36. The molecule has 1 atom stereocenters. The summed E-state index contributed by atoms with van der Waals surface area (Å²) in [4.78, 5) is 14.0. The van der Waals surface area contributed by atoms with E-state index in [-0.39, 0.29) is 18.3 Å². The Hall–Kier alpha value is -1.31. The van der Waals surface area contributed by atoms with Gasteiger partial charge < -0.3 is 9.64 Å². The SMILES string of the molecule is CC(C)(C)OC(=O)N1CCCCC1CNS(=O)(=O)Cc1ccccc1Cl. The number of hydrogen-bond acceptors (Lipinski definition) is 4. The van der Waals surface area contributed by atoms with Crippen molar-refractivity contribution in [2.24, 2.45) is 0 Å². The Balaban J connectivity index is 1.99. The number of likely N-dealkylation sites (tertiary alicyclic amines) is 1. The lowest BCUT2D eigenvalue weighted by Crippen LogP contribution is -2.50. The summed E-state index contributed by atoms with van der Waals surface area (Å²) >= 11 is 6.04. The highest BCUT2D eigenvalue weighted by molar-refractivity contribution is 7.88. The van der Waals surface area contributed by atoms with Gasteiger partial charge in [0, 0.05) is 24.2 Å². The summed E-state index contributed by atoms with van der Waals surface area (Å²) in [6, 6.07) is 6.65. The molecule has 1 N–H and O–H groups in total. The van der Waals surface area contributed by atoms with Crippen molar-refractivity contribution >= 4 is 27.7 Å². The smallest absolute Gasteiger partial charge is 0.410 e. The van der Waals surface area contributed by atoms with Crippen LogP contribution < -0.4 is 4.72 Å². The number of piperidine rings is 1. The fourth-order valence-electron chi connectivity index (χ4n) is 2.87. The van der Waals surface area contributed by atoms with Crippen LogP contribution in [0.3, 0.4) is 0 Å². The molecule has 1 amide bonds. The van der Waals surface area contributed by atoms with Gasteiger partial charge in [-0.25, -0.2) is 17.9 Å². The summed E-state index contributed by atoms with van der Waals surface area (Å²) in [6.07, 6.45) is 2.19. The maximum Gasteiger partial charge on any atom is 0.410 e. The van der Waals surface area contributed by atoms with Crippen molar-refractivity contribution in [3.05, 3.63) is 34.9 Å². The molecule has 0 aromatic heterocycles. The minimum Gasteiger partial charge on any atom is -0.444 e. The molecule has 0 aliphatic carbocycles. The number of nitrogens with one attached hydrogen (secondary N) is 1. The molecule has 1 fully saturated rings. The molecule has 0 bridgehead atoms. The van der Waals surface area contributed by atoms with Gasteiger partial charge in [0.05, 0.1) is 5.75 Å². The lowest BCUT2D eigenvalue weighted by atomic mass is 10.0. The largest absolute Gasteiger partial charge is 0.444 e. The lowest BCUT2D eigenvalue weighted by molar-refractivity contribution is 0.0105. The molecular formula is C18H27ClN2O4S. The number of carbonyl (C=O) groups is 1. The Bertz CT molecular complexity index is 731. The normalized spacial score (nSPS) is 18.6. The summed E-state index contributed by atoms with van der Waals surface area (Å²) in [7, 11) is -3.55. The van der Waals surface area contributed by atoms with Crippen LogP contribution in [0.5, 0.6) is 0 Å². The number of benzene rings is 1. The first-order chi connectivity index (χ1) is 12.1. The van der Waals surface area contributed by atoms with E-state index < -0.39 is 21.7 Å². The number of halogens is 1. The van der Waals surface area contributed by atoms with E-state index in [0.717, 1.165) is 19.3 Å². The second-order valence-electron chi connectivity index (χ2n) is 7.52. The second kappa shape index (κ2) is 8.59. The monoisotopic (exact) mass is 402 g/mol. The van der Waals surface area contributed by atoms with Gasteiger partial charge in [-0.15, -0.1) is 0 Å². The van der Waals surface area contributed by atoms with Crippen LogP contribution in [0.15, 0.2) is 24.3 Å². The highest BCUT2D eigenvalue weighted by atomic mass is 35.5. The lowest BCUT2D eigenvalue weighted by Gasteiger charge is -2.36. The molecule has 146 valence electrons. The number of carbonyl (C=O) groups excluding carboxylic acids is 1. The molecule has 1 unspecified atom stereocenters. The van der Waals surface area contributed by atoms with Gasteiger partial charge in [0.2, 0.25) is 10.0 Å². The quantitative estimate of drug-likeness (QED) is 0.817. The first kappa shape index (κ1) is 21.0. The van der Waals surface area contributed by atoms with Gasteiger partial charge in [0.15, 0.2) is 0 Å². The van der Waals surface area contributed by atoms with Gasteiger partial charge >= 0.3 is 6.09 Å². The molecule has 0 spiro atoms. The van der Waals surface area contributed by atoms with Crippen LogP contribution in [0.25, 0.3) is 0 Å². The van der Waals surface area contributed by atoms with Crippen molar-refractivity contribution in [1.29, 1.82) is 0 Å². The maximum atomic E-state index is 12.4. The number of ether oxygens (including phenoxy) is 1. The van der Waals surface area contributed by atoms with E-state index in [1.807, 2.05) is 20.8 Å². The molecule has 1 aliphatic rings. The van der Waals surface area contributed by atoms with E-state index in [4.69, 9.17) is 16.3 Å². The van der Waals surface area contributed by atoms with Gasteiger partial charge in [-0.1, -0.05) is 29.8 Å². The van der Waals surface area contributed by atoms with Gasteiger partial charge in [-0.2, -0.15) is 0 Å². The van der Waals surface area contributed by atoms with Crippen LogP contribution in [0, 0.1) is 0 Å². The Labute approximate surface area is 160 Å². The van der Waals surface area contributed by atoms with Gasteiger partial charge in [-0.05, 0) is 51.7 Å². The number of nitrogens with zero attached hydrogens (tertiary/aromatic N) is 1. The Morgan fingerprint density at radius 1 is 1.31 bits per heavy atom. The highest BCUT2D eigenvalue weighted by Crippen LogP contribution is 2.21. The average molecular weight is 403 g/mol. The van der Waals surface area contributed by atoms with E-state index in [2.05, 4.69) is 4.72 Å². The highest BCUT2D eigenvalue weighted by Gasteiger charge is 2.31. The molecule has 1 aromatic rings. The Morgan fingerprint density at radius 3 is 2.65 bits per heavy atom. The summed E-state index contributed by atoms with van der Waals surface area (Å²) in [6.45, 7) is 6.19. The van der Waals surface area contributed by atoms with E-state index >= 15 is 0 Å². The van der Waals surface area contributed by atoms with Crippen LogP contribution in [-0.4, -0.2) is 44.1 Å². The molecule has 0 saturated carbocycles. The first-order valence-corrected chi connectivity index (χ1v) is 10.8. The van der Waals surface area contributed by atoms with Crippen LogP contribution in [0.4, 0.5) is 4.79 Å². The third kappa shape index (κ3) is 6.45. The van der Waals surface area contributed by atoms with E-state index in [1.165, 1.54) is 0 Å². The first-order valence-electron chi connectivity index (χ1n) is 8.78. The van der Waals surface area contributed by atoms with Crippen molar-refractivity contribution < 1.29 is 17.9 Å². The maximum absolute atomic E-state index is 12.4. The number of rotatable bonds is 5. The zero-order valence-corrected chi connectivity index (χ0v) is 17.1. The zero-order valence-electron chi connectivity index (χ0n) is 15.5. The van der Waals surface area contributed by atoms with Gasteiger partial charge in [0.1, 0.15) is 5.60 Å². The number of sulfonamides is 1. The third-order valence-corrected chi connectivity index (χ3v) is 5.76. The van der Waals surface area contributed by atoms with E-state index in [1.54, 1.807) is 29.2 Å². The third-order valence-electron chi connectivity index (χ3n) is 4.10. The topological polar surface area (TPSA) is 75.7 Å². The van der Waals surface area contributed by atoms with Gasteiger partial charge in [0.25, 0.3) is 0 Å². The van der Waals surface area contributed by atoms with Gasteiger partial charge in [-0.3, -0.25) is 0 Å². The van der Waals surface area contributed by atoms with Crippen LogP contribution in [0.1, 0.15) is 45.6 Å². The summed E-state index contributed by atoms with van der Waals surface area (Å²) in [5, 5.41) is 0.422. The molecule has 1 saturated heterocycles. The Kier molecular flexibility index (Phi) is 6.93. The standard InChI is InChI=1S/C18H27ClN2O4S/c1-18(2,3)25-17(22)21-11-7-6-9-15(21)12-20-26(23,24)13-14-8-4-5-10-16(14)19/h4-5,8,10,15,20H,6-7,9,11-13H2,1-3H3. The van der Waals surface area contributed by atoms with E-state index in [0.29, 0.717) is 17.1 Å². The Morgan fingerprint density at radius 2 is 2.00 bits per heavy atom. The summed E-state index contributed by atoms with van der Waals surface area (Å²) < 4.78 is 32.9. The molecule has 1 heterocycles. The average Bonchev–Trinajstić information content (AvgIpc) is 2.54. The minimum absolute atomic E-state index is 0.173. The van der Waals surface area contributed by atoms with Crippen molar-refractivity contribution in [2.75, 3.05) is 13.1 Å². The predicted molar refractivity (Wildman–Crippen MR) is 103 cm³/mol. The minimum atomic E-state index is -3.55. The van der Waals surface area contributed by atoms with Crippen LogP contribution in [-0.2, 0) is 20.5 Å². The molecular weight excluding hydrogens is 376 g/mol. The predicted octanol–water partition coefficient (Wildman–Crippen LogP) is 3.55. The number of hydrogen-bond donors (Lipinski definition) is 1. The molecule has 26 heavy (non-hydrogen) atoms. The van der Waals surface area contributed by atoms with Crippen molar-refractivity contribution in [2.45, 2.75) is 57.4 Å². The molecule has 2 rings (SSSR count). The molecule has 1 aromatic carbocycles. The van der Waals surface area contributed by atoms with Crippen LogP contribution in [0.2, 0.25) is 5.02 Å². The van der Waals surface area contributed by atoms with Crippen molar-refractivity contribution in [3.63, 3.8) is 0 Å².